The first-order valence-electron chi connectivity index (χ1n) is 14.6. The number of hydrogen-bond acceptors (Lipinski definition) is 10. The van der Waals surface area contributed by atoms with E-state index in [0.717, 1.165) is 35.3 Å². The lowest BCUT2D eigenvalue weighted by Crippen LogP contribution is -2.25. The number of benzene rings is 2. The molecule has 13 heteroatoms. The van der Waals surface area contributed by atoms with Gasteiger partial charge in [-0.25, -0.2) is 4.79 Å². The second kappa shape index (κ2) is 14.6. The lowest BCUT2D eigenvalue weighted by molar-refractivity contribution is -0.115. The average Bonchev–Trinajstić information content (AvgIpc) is 3.75. The van der Waals surface area contributed by atoms with Crippen molar-refractivity contribution in [1.82, 2.24) is 20.1 Å². The molecular formula is C32H35N5O6S2. The SMILES string of the molecule is CCOC(=O)c1c(NC(=O)C(C)Sc2nnc(CNC(=O)c3ccc(OC)c(OC)c3)n2Cc2ccccc2)sc2c1CCC2. The standard InChI is InChI=1S/C32H35N5O6S2/c1-5-43-31(40)27-22-12-9-13-25(22)45-30(27)34-28(38)19(2)44-32-36-35-26(37(32)18-20-10-7-6-8-11-20)17-33-29(39)21-14-15-23(41-3)24(16-21)42-4/h6-8,10-11,14-16,19H,5,9,12-13,17-18H2,1-4H3,(H,33,39)(H,34,38). The van der Waals surface area contributed by atoms with E-state index in [4.69, 9.17) is 14.2 Å². The van der Waals surface area contributed by atoms with E-state index in [9.17, 15) is 14.4 Å². The Hall–Kier alpha value is -4.36. The smallest absolute Gasteiger partial charge is 0.341 e. The zero-order valence-electron chi connectivity index (χ0n) is 25.5. The highest BCUT2D eigenvalue weighted by molar-refractivity contribution is 8.00. The number of nitrogens with one attached hydrogen (secondary N) is 2. The molecule has 0 radical (unpaired) electrons. The monoisotopic (exact) mass is 649 g/mol. The predicted octanol–water partition coefficient (Wildman–Crippen LogP) is 5.12. The van der Waals surface area contributed by atoms with Crippen LogP contribution in [0.5, 0.6) is 11.5 Å². The van der Waals surface area contributed by atoms with Gasteiger partial charge in [0, 0.05) is 10.4 Å². The van der Waals surface area contributed by atoms with Crippen molar-refractivity contribution in [2.75, 3.05) is 26.1 Å². The number of nitrogens with zero attached hydrogens (tertiary/aromatic N) is 3. The quantitative estimate of drug-likeness (QED) is 0.150. The molecule has 2 aromatic carbocycles. The van der Waals surface area contributed by atoms with Gasteiger partial charge in [-0.2, -0.15) is 0 Å². The zero-order chi connectivity index (χ0) is 31.9. The van der Waals surface area contributed by atoms with Gasteiger partial charge in [0.1, 0.15) is 5.00 Å². The molecule has 1 aliphatic carbocycles. The van der Waals surface area contributed by atoms with Crippen LogP contribution in [0.1, 0.15) is 62.8 Å². The fourth-order valence-electron chi connectivity index (χ4n) is 5.04. The molecule has 0 bridgehead atoms. The largest absolute Gasteiger partial charge is 0.493 e. The van der Waals surface area contributed by atoms with E-state index < -0.39 is 11.2 Å². The lowest BCUT2D eigenvalue weighted by Gasteiger charge is -2.15. The van der Waals surface area contributed by atoms with Crippen molar-refractivity contribution < 1.29 is 28.6 Å². The van der Waals surface area contributed by atoms with E-state index in [1.807, 2.05) is 34.9 Å². The fraction of sp³-hybridized carbons (Fsp3) is 0.344. The number of thioether (sulfide) groups is 1. The Morgan fingerprint density at radius 2 is 1.82 bits per heavy atom. The molecule has 11 nitrogen and oxygen atoms in total. The Bertz CT molecular complexity index is 1690. The van der Waals surface area contributed by atoms with Gasteiger partial charge < -0.3 is 29.4 Å². The van der Waals surface area contributed by atoms with Crippen molar-refractivity contribution in [3.8, 4) is 11.5 Å². The second-order valence-corrected chi connectivity index (χ2v) is 12.7. The molecule has 1 unspecified atom stereocenters. The Balaban J connectivity index is 1.33. The Labute approximate surface area is 269 Å². The van der Waals surface area contributed by atoms with Crippen molar-refractivity contribution in [3.05, 3.63) is 81.5 Å². The van der Waals surface area contributed by atoms with E-state index in [1.54, 1.807) is 32.0 Å². The van der Waals surface area contributed by atoms with Gasteiger partial charge in [0.2, 0.25) is 5.91 Å². The van der Waals surface area contributed by atoms with Gasteiger partial charge in [-0.3, -0.25) is 9.59 Å². The van der Waals surface area contributed by atoms with Gasteiger partial charge in [-0.15, -0.1) is 21.5 Å². The molecular weight excluding hydrogens is 615 g/mol. The van der Waals surface area contributed by atoms with Crippen LogP contribution in [0.25, 0.3) is 0 Å². The minimum Gasteiger partial charge on any atom is -0.493 e. The third-order valence-corrected chi connectivity index (χ3v) is 9.61. The van der Waals surface area contributed by atoms with Gasteiger partial charge in [0.15, 0.2) is 22.5 Å². The molecule has 0 aliphatic heterocycles. The van der Waals surface area contributed by atoms with Gasteiger partial charge >= 0.3 is 5.97 Å². The topological polar surface area (TPSA) is 134 Å². The number of thiophene rings is 1. The first-order valence-corrected chi connectivity index (χ1v) is 16.3. The van der Waals surface area contributed by atoms with Crippen LogP contribution < -0.4 is 20.1 Å². The fourth-order valence-corrected chi connectivity index (χ4v) is 7.18. The maximum absolute atomic E-state index is 13.4. The number of amides is 2. The summed E-state index contributed by atoms with van der Waals surface area (Å²) >= 11 is 2.70. The highest BCUT2D eigenvalue weighted by Crippen LogP contribution is 2.40. The first-order chi connectivity index (χ1) is 21.8. The van der Waals surface area contributed by atoms with Crippen molar-refractivity contribution in [1.29, 1.82) is 0 Å². The highest BCUT2D eigenvalue weighted by atomic mass is 32.2. The maximum Gasteiger partial charge on any atom is 0.341 e. The molecule has 5 rings (SSSR count). The van der Waals surface area contributed by atoms with Crippen LogP contribution in [0, 0.1) is 0 Å². The summed E-state index contributed by atoms with van der Waals surface area (Å²) < 4.78 is 17.8. The van der Waals surface area contributed by atoms with Crippen molar-refractivity contribution in [3.63, 3.8) is 0 Å². The summed E-state index contributed by atoms with van der Waals surface area (Å²) in [5, 5.41) is 15.1. The molecule has 236 valence electrons. The molecule has 2 amide bonds. The van der Waals surface area contributed by atoms with Crippen LogP contribution in [-0.2, 0) is 35.5 Å². The number of methoxy groups -OCH3 is 2. The molecule has 0 saturated heterocycles. The van der Waals surface area contributed by atoms with E-state index in [0.29, 0.717) is 45.2 Å². The Morgan fingerprint density at radius 3 is 2.56 bits per heavy atom. The summed E-state index contributed by atoms with van der Waals surface area (Å²) in [5.74, 6) is 0.522. The summed E-state index contributed by atoms with van der Waals surface area (Å²) in [6, 6.07) is 14.7. The second-order valence-electron chi connectivity index (χ2n) is 10.3. The van der Waals surface area contributed by atoms with Crippen molar-refractivity contribution >= 4 is 45.9 Å². The molecule has 0 saturated carbocycles. The minimum atomic E-state index is -0.565. The van der Waals surface area contributed by atoms with Gasteiger partial charge in [0.05, 0.1) is 44.7 Å². The first kappa shape index (κ1) is 32.0. The summed E-state index contributed by atoms with van der Waals surface area (Å²) in [4.78, 5) is 40.3. The van der Waals surface area contributed by atoms with E-state index in [2.05, 4.69) is 20.8 Å². The van der Waals surface area contributed by atoms with E-state index in [1.165, 1.54) is 37.3 Å². The molecule has 0 spiro atoms. The van der Waals surface area contributed by atoms with Crippen LogP contribution in [0.15, 0.2) is 53.7 Å². The minimum absolute atomic E-state index is 0.109. The summed E-state index contributed by atoms with van der Waals surface area (Å²) in [6.45, 7) is 4.36. The van der Waals surface area contributed by atoms with Crippen LogP contribution in [-0.4, -0.2) is 58.6 Å². The van der Waals surface area contributed by atoms with Crippen molar-refractivity contribution in [2.45, 2.75) is 56.6 Å². The van der Waals surface area contributed by atoms with Crippen LogP contribution >= 0.6 is 23.1 Å². The number of ether oxygens (including phenoxy) is 3. The molecule has 0 fully saturated rings. The summed E-state index contributed by atoms with van der Waals surface area (Å²) in [6.07, 6.45) is 2.68. The lowest BCUT2D eigenvalue weighted by atomic mass is 10.1. The number of carbonyl (C=O) groups excluding carboxylic acids is 3. The van der Waals surface area contributed by atoms with Crippen LogP contribution in [0.4, 0.5) is 5.00 Å². The number of anilines is 1. The summed E-state index contributed by atoms with van der Waals surface area (Å²) in [5.41, 5.74) is 2.87. The molecule has 2 N–H and O–H groups in total. The predicted molar refractivity (Wildman–Crippen MR) is 173 cm³/mol. The maximum atomic E-state index is 13.4. The van der Waals surface area contributed by atoms with Crippen LogP contribution in [0.2, 0.25) is 0 Å². The van der Waals surface area contributed by atoms with Gasteiger partial charge in [0.25, 0.3) is 5.91 Å². The number of rotatable bonds is 13. The number of hydrogen-bond donors (Lipinski definition) is 2. The third-order valence-electron chi connectivity index (χ3n) is 7.32. The molecule has 45 heavy (non-hydrogen) atoms. The zero-order valence-corrected chi connectivity index (χ0v) is 27.2. The van der Waals surface area contributed by atoms with Crippen LogP contribution in [0.3, 0.4) is 0 Å². The number of aromatic nitrogens is 3. The van der Waals surface area contributed by atoms with E-state index in [-0.39, 0.29) is 25.0 Å². The number of fused-ring (bicyclic) bond motifs is 1. The molecule has 1 aliphatic rings. The number of esters is 1. The van der Waals surface area contributed by atoms with Crippen molar-refractivity contribution in [2.24, 2.45) is 0 Å². The normalized spacial score (nSPS) is 12.7. The Kier molecular flexibility index (Phi) is 10.4. The highest BCUT2D eigenvalue weighted by Gasteiger charge is 2.30. The third kappa shape index (κ3) is 7.31. The molecule has 2 heterocycles. The van der Waals surface area contributed by atoms with E-state index >= 15 is 0 Å². The average molecular weight is 650 g/mol. The molecule has 4 aromatic rings. The Morgan fingerprint density at radius 1 is 1.04 bits per heavy atom. The number of aryl methyl sites for hydroxylation is 1. The van der Waals surface area contributed by atoms with Gasteiger partial charge in [-0.05, 0) is 62.4 Å². The molecule has 2 aromatic heterocycles. The van der Waals surface area contributed by atoms with Gasteiger partial charge in [-0.1, -0.05) is 42.1 Å². The molecule has 1 atom stereocenters. The number of carbonyl (C=O) groups is 3. The summed E-state index contributed by atoms with van der Waals surface area (Å²) in [7, 11) is 3.05.